The van der Waals surface area contributed by atoms with Gasteiger partial charge >= 0.3 is 6.03 Å². The molecule has 0 bridgehead atoms. The lowest BCUT2D eigenvalue weighted by Crippen LogP contribution is -2.45. The van der Waals surface area contributed by atoms with Crippen molar-refractivity contribution in [2.75, 3.05) is 4.90 Å². The minimum atomic E-state index is -0.943. The first-order valence-corrected chi connectivity index (χ1v) is 7.50. The third kappa shape index (κ3) is 1.64. The molecule has 3 amide bonds. The van der Waals surface area contributed by atoms with Gasteiger partial charge in [0.2, 0.25) is 0 Å². The van der Waals surface area contributed by atoms with E-state index in [1.807, 2.05) is 24.3 Å². The average molecular weight is 313 g/mol. The zero-order valence-electron chi connectivity index (χ0n) is 11.7. The van der Waals surface area contributed by atoms with Gasteiger partial charge in [0.1, 0.15) is 0 Å². The standard InChI is InChI=1S/C17H13ClN2O2/c18-12-5-7-13(8-6-12)20-16(22)19-15(21)17(20)10-9-11-3-1-2-4-14(11)17/h1-8H,9-10H2,(H,19,21,22). The van der Waals surface area contributed by atoms with Crippen molar-refractivity contribution < 1.29 is 9.59 Å². The highest BCUT2D eigenvalue weighted by molar-refractivity contribution is 6.30. The molecule has 1 heterocycles. The molecule has 1 N–H and O–H groups in total. The minimum Gasteiger partial charge on any atom is -0.275 e. The van der Waals surface area contributed by atoms with Gasteiger partial charge in [-0.25, -0.2) is 4.79 Å². The number of amides is 3. The van der Waals surface area contributed by atoms with Crippen molar-refractivity contribution in [2.24, 2.45) is 0 Å². The molecular weight excluding hydrogens is 300 g/mol. The Morgan fingerprint density at radius 1 is 1.05 bits per heavy atom. The Morgan fingerprint density at radius 3 is 2.55 bits per heavy atom. The van der Waals surface area contributed by atoms with Crippen LogP contribution in [0.1, 0.15) is 17.5 Å². The second-order valence-corrected chi connectivity index (χ2v) is 6.02. The predicted octanol–water partition coefficient (Wildman–Crippen LogP) is 3.24. The summed E-state index contributed by atoms with van der Waals surface area (Å²) in [4.78, 5) is 26.6. The monoisotopic (exact) mass is 312 g/mol. The highest BCUT2D eigenvalue weighted by Gasteiger charge is 2.57. The summed E-state index contributed by atoms with van der Waals surface area (Å²) in [7, 11) is 0. The summed E-state index contributed by atoms with van der Waals surface area (Å²) in [5.41, 5.74) is 1.76. The van der Waals surface area contributed by atoms with Crippen molar-refractivity contribution in [3.8, 4) is 0 Å². The molecule has 2 aromatic carbocycles. The van der Waals surface area contributed by atoms with Crippen molar-refractivity contribution in [1.29, 1.82) is 0 Å². The van der Waals surface area contributed by atoms with Crippen molar-refractivity contribution in [1.82, 2.24) is 5.32 Å². The first kappa shape index (κ1) is 13.3. The number of halogens is 1. The molecule has 1 fully saturated rings. The number of aryl methyl sites for hydroxylation is 1. The van der Waals surface area contributed by atoms with Crippen LogP contribution < -0.4 is 10.2 Å². The lowest BCUT2D eigenvalue weighted by Gasteiger charge is -2.32. The van der Waals surface area contributed by atoms with Crippen molar-refractivity contribution in [2.45, 2.75) is 18.4 Å². The quantitative estimate of drug-likeness (QED) is 0.822. The number of rotatable bonds is 1. The van der Waals surface area contributed by atoms with Crippen LogP contribution in [0.3, 0.4) is 0 Å². The predicted molar refractivity (Wildman–Crippen MR) is 83.9 cm³/mol. The topological polar surface area (TPSA) is 49.4 Å². The van der Waals surface area contributed by atoms with E-state index in [1.165, 1.54) is 0 Å². The Balaban J connectivity index is 1.92. The van der Waals surface area contributed by atoms with Gasteiger partial charge in [-0.3, -0.25) is 15.0 Å². The number of fused-ring (bicyclic) bond motifs is 2. The van der Waals surface area contributed by atoms with E-state index < -0.39 is 5.54 Å². The van der Waals surface area contributed by atoms with Gasteiger partial charge in [0.25, 0.3) is 5.91 Å². The molecule has 0 radical (unpaired) electrons. The van der Waals surface area contributed by atoms with Gasteiger partial charge in [0.15, 0.2) is 5.54 Å². The fraction of sp³-hybridized carbons (Fsp3) is 0.176. The van der Waals surface area contributed by atoms with Crippen LogP contribution in [0.5, 0.6) is 0 Å². The third-order valence-electron chi connectivity index (χ3n) is 4.48. The second kappa shape index (κ2) is 4.58. The van der Waals surface area contributed by atoms with Gasteiger partial charge in [-0.2, -0.15) is 0 Å². The first-order chi connectivity index (χ1) is 10.6. The number of urea groups is 1. The molecule has 1 aliphatic carbocycles. The maximum atomic E-state index is 12.6. The number of benzene rings is 2. The SMILES string of the molecule is O=C1NC(=O)C2(CCc3ccccc32)N1c1ccc(Cl)cc1. The zero-order chi connectivity index (χ0) is 15.3. The maximum absolute atomic E-state index is 12.6. The van der Waals surface area contributed by atoms with Crippen LogP contribution in [0.4, 0.5) is 10.5 Å². The summed E-state index contributed by atoms with van der Waals surface area (Å²) in [5, 5.41) is 3.06. The molecular formula is C17H13ClN2O2. The molecule has 0 aromatic heterocycles. The van der Waals surface area contributed by atoms with E-state index in [4.69, 9.17) is 11.6 Å². The van der Waals surface area contributed by atoms with Gasteiger partial charge in [-0.15, -0.1) is 0 Å². The van der Waals surface area contributed by atoms with Crippen molar-refractivity contribution in [3.63, 3.8) is 0 Å². The van der Waals surface area contributed by atoms with E-state index >= 15 is 0 Å². The molecule has 4 nitrogen and oxygen atoms in total. The van der Waals surface area contributed by atoms with Crippen LogP contribution in [-0.2, 0) is 16.8 Å². The zero-order valence-corrected chi connectivity index (χ0v) is 12.4. The van der Waals surface area contributed by atoms with Crippen LogP contribution in [0, 0.1) is 0 Å². The van der Waals surface area contributed by atoms with E-state index in [2.05, 4.69) is 5.32 Å². The Hall–Kier alpha value is -2.33. The first-order valence-electron chi connectivity index (χ1n) is 7.12. The van der Waals surface area contributed by atoms with E-state index in [0.29, 0.717) is 17.1 Å². The van der Waals surface area contributed by atoms with Gasteiger partial charge in [-0.05, 0) is 48.2 Å². The molecule has 2 aliphatic rings. The number of hydrogen-bond donors (Lipinski definition) is 1. The van der Waals surface area contributed by atoms with E-state index in [1.54, 1.807) is 29.2 Å². The Labute approximate surface area is 132 Å². The van der Waals surface area contributed by atoms with Crippen molar-refractivity contribution in [3.05, 3.63) is 64.7 Å². The summed E-state index contributed by atoms with van der Waals surface area (Å²) in [6.07, 6.45) is 1.37. The van der Waals surface area contributed by atoms with Gasteiger partial charge in [0.05, 0.1) is 0 Å². The molecule has 1 unspecified atom stereocenters. The number of anilines is 1. The molecule has 5 heteroatoms. The molecule has 1 spiro atoms. The van der Waals surface area contributed by atoms with E-state index in [9.17, 15) is 9.59 Å². The summed E-state index contributed by atoms with van der Waals surface area (Å²) in [6.45, 7) is 0. The molecule has 22 heavy (non-hydrogen) atoms. The van der Waals surface area contributed by atoms with Crippen LogP contribution in [0.15, 0.2) is 48.5 Å². The number of nitrogens with one attached hydrogen (secondary N) is 1. The summed E-state index contributed by atoms with van der Waals surface area (Å²) >= 11 is 5.93. The van der Waals surface area contributed by atoms with Gasteiger partial charge in [-0.1, -0.05) is 35.9 Å². The lowest BCUT2D eigenvalue weighted by molar-refractivity contribution is -0.123. The lowest BCUT2D eigenvalue weighted by atomic mass is 9.90. The molecule has 0 saturated carbocycles. The Morgan fingerprint density at radius 2 is 1.77 bits per heavy atom. The molecule has 1 saturated heterocycles. The largest absolute Gasteiger partial charge is 0.329 e. The fourth-order valence-electron chi connectivity index (χ4n) is 3.52. The van der Waals surface area contributed by atoms with Crippen LogP contribution in [0.25, 0.3) is 0 Å². The summed E-state index contributed by atoms with van der Waals surface area (Å²) < 4.78 is 0. The Kier molecular flexibility index (Phi) is 2.78. The number of carbonyl (C=O) groups is 2. The van der Waals surface area contributed by atoms with Crippen LogP contribution >= 0.6 is 11.6 Å². The number of nitrogens with zero attached hydrogens (tertiary/aromatic N) is 1. The molecule has 4 rings (SSSR count). The number of carbonyl (C=O) groups excluding carboxylic acids is 2. The summed E-state index contributed by atoms with van der Waals surface area (Å²) in [6, 6.07) is 14.4. The van der Waals surface area contributed by atoms with Crippen LogP contribution in [-0.4, -0.2) is 11.9 Å². The summed E-state index contributed by atoms with van der Waals surface area (Å²) in [5.74, 6) is -0.252. The second-order valence-electron chi connectivity index (χ2n) is 5.59. The number of hydrogen-bond acceptors (Lipinski definition) is 2. The third-order valence-corrected chi connectivity index (χ3v) is 4.74. The van der Waals surface area contributed by atoms with Crippen LogP contribution in [0.2, 0.25) is 5.02 Å². The van der Waals surface area contributed by atoms with Crippen molar-refractivity contribution >= 4 is 29.2 Å². The Bertz CT molecular complexity index is 788. The highest BCUT2D eigenvalue weighted by Crippen LogP contribution is 2.46. The van der Waals surface area contributed by atoms with Gasteiger partial charge in [0, 0.05) is 10.7 Å². The molecule has 1 atom stereocenters. The van der Waals surface area contributed by atoms with Gasteiger partial charge < -0.3 is 0 Å². The molecule has 110 valence electrons. The average Bonchev–Trinajstić information content (AvgIpc) is 3.01. The smallest absolute Gasteiger partial charge is 0.275 e. The normalized spacial score (nSPS) is 23.0. The molecule has 2 aromatic rings. The molecule has 1 aliphatic heterocycles. The highest BCUT2D eigenvalue weighted by atomic mass is 35.5. The van der Waals surface area contributed by atoms with E-state index in [-0.39, 0.29) is 11.9 Å². The fourth-order valence-corrected chi connectivity index (χ4v) is 3.65. The maximum Gasteiger partial charge on any atom is 0.329 e. The minimum absolute atomic E-state index is 0.252. The van der Waals surface area contributed by atoms with E-state index in [0.717, 1.165) is 17.5 Å². The number of imide groups is 1.